The van der Waals surface area contributed by atoms with Crippen molar-refractivity contribution in [3.05, 3.63) is 11.8 Å². The van der Waals surface area contributed by atoms with E-state index in [0.717, 1.165) is 25.7 Å². The molecule has 17 heavy (non-hydrogen) atoms. The van der Waals surface area contributed by atoms with Crippen LogP contribution in [0.1, 0.15) is 39.5 Å². The van der Waals surface area contributed by atoms with E-state index in [0.29, 0.717) is 25.6 Å². The second-order valence-electron chi connectivity index (χ2n) is 4.09. The molecule has 1 unspecified atom stereocenters. The van der Waals surface area contributed by atoms with Crippen LogP contribution in [0.15, 0.2) is 11.8 Å². The predicted octanol–water partition coefficient (Wildman–Crippen LogP) is 2.43. The van der Waals surface area contributed by atoms with Gasteiger partial charge in [-0.15, -0.1) is 0 Å². The highest BCUT2D eigenvalue weighted by Gasteiger charge is 2.23. The van der Waals surface area contributed by atoms with Gasteiger partial charge in [0.15, 0.2) is 0 Å². The molecule has 0 radical (unpaired) electrons. The van der Waals surface area contributed by atoms with Crippen LogP contribution >= 0.6 is 0 Å². The lowest BCUT2D eigenvalue weighted by molar-refractivity contribution is -0.149. The third-order valence-corrected chi connectivity index (χ3v) is 2.50. The van der Waals surface area contributed by atoms with E-state index < -0.39 is 0 Å². The molecule has 0 bridgehead atoms. The Hall–Kier alpha value is -1.03. The van der Waals surface area contributed by atoms with E-state index in [9.17, 15) is 4.79 Å². The Morgan fingerprint density at radius 1 is 1.29 bits per heavy atom. The average Bonchev–Trinajstić information content (AvgIpc) is 2.33. The van der Waals surface area contributed by atoms with Crippen molar-refractivity contribution < 1.29 is 19.0 Å². The van der Waals surface area contributed by atoms with Crippen LogP contribution in [0.2, 0.25) is 0 Å². The maximum absolute atomic E-state index is 11.4. The lowest BCUT2D eigenvalue weighted by atomic mass is 10.2. The van der Waals surface area contributed by atoms with E-state index in [2.05, 4.69) is 13.8 Å². The van der Waals surface area contributed by atoms with E-state index in [1.54, 1.807) is 6.08 Å². The summed E-state index contributed by atoms with van der Waals surface area (Å²) in [6.45, 7) is 5.73. The van der Waals surface area contributed by atoms with Gasteiger partial charge < -0.3 is 14.2 Å². The fraction of sp³-hybridized carbons (Fsp3) is 0.769. The fourth-order valence-corrected chi connectivity index (χ4v) is 1.42. The molecule has 1 heterocycles. The van der Waals surface area contributed by atoms with Crippen molar-refractivity contribution >= 4 is 5.97 Å². The third-order valence-electron chi connectivity index (χ3n) is 2.50. The number of carbonyl (C=O) groups excluding carboxylic acids is 1. The van der Waals surface area contributed by atoms with Crippen molar-refractivity contribution in [1.82, 2.24) is 0 Å². The van der Waals surface area contributed by atoms with Crippen LogP contribution in [0.4, 0.5) is 0 Å². The summed E-state index contributed by atoms with van der Waals surface area (Å²) in [5.41, 5.74) is 0. The first-order chi connectivity index (χ1) is 8.27. The quantitative estimate of drug-likeness (QED) is 0.484. The Kier molecular flexibility index (Phi) is 6.70. The topological polar surface area (TPSA) is 44.8 Å². The van der Waals surface area contributed by atoms with Gasteiger partial charge in [-0.2, -0.15) is 0 Å². The molecule has 0 N–H and O–H groups in total. The molecule has 0 saturated carbocycles. The first-order valence-electron chi connectivity index (χ1n) is 6.41. The smallest absolute Gasteiger partial charge is 0.373 e. The Morgan fingerprint density at radius 3 is 2.71 bits per heavy atom. The van der Waals surface area contributed by atoms with Crippen molar-refractivity contribution in [2.24, 2.45) is 0 Å². The van der Waals surface area contributed by atoms with Crippen LogP contribution < -0.4 is 0 Å². The number of cyclic esters (lactones) is 1. The number of hydrogen-bond donors (Lipinski definition) is 0. The monoisotopic (exact) mass is 242 g/mol. The molecule has 0 aromatic carbocycles. The number of unbranched alkanes of at least 4 members (excludes halogenated alkanes) is 2. The van der Waals surface area contributed by atoms with Gasteiger partial charge in [0.2, 0.25) is 5.76 Å². The SMILES string of the molecule is CCCCOC1=CC(OCCCC)COC1=O. The van der Waals surface area contributed by atoms with Crippen LogP contribution in [-0.4, -0.2) is 31.9 Å². The van der Waals surface area contributed by atoms with Gasteiger partial charge in [-0.3, -0.25) is 0 Å². The van der Waals surface area contributed by atoms with E-state index >= 15 is 0 Å². The molecule has 0 spiro atoms. The van der Waals surface area contributed by atoms with E-state index in [-0.39, 0.29) is 12.1 Å². The van der Waals surface area contributed by atoms with Gasteiger partial charge in [-0.05, 0) is 18.9 Å². The molecule has 1 atom stereocenters. The van der Waals surface area contributed by atoms with Crippen molar-refractivity contribution in [2.45, 2.75) is 45.6 Å². The molecule has 4 heteroatoms. The number of hydrogen-bond acceptors (Lipinski definition) is 4. The van der Waals surface area contributed by atoms with Crippen LogP contribution in [0, 0.1) is 0 Å². The molecule has 1 aliphatic rings. The Bertz CT molecular complexity index is 260. The molecular weight excluding hydrogens is 220 g/mol. The second kappa shape index (κ2) is 8.12. The summed E-state index contributed by atoms with van der Waals surface area (Å²) < 4.78 is 16.0. The minimum absolute atomic E-state index is 0.157. The molecule has 1 aliphatic heterocycles. The standard InChI is InChI=1S/C13H22O4/c1-3-5-7-15-11-9-12(13(14)17-10-11)16-8-6-4-2/h9,11H,3-8,10H2,1-2H3. The van der Waals surface area contributed by atoms with Gasteiger partial charge in [-0.25, -0.2) is 4.79 Å². The van der Waals surface area contributed by atoms with Crippen molar-refractivity contribution in [3.8, 4) is 0 Å². The highest BCUT2D eigenvalue weighted by Crippen LogP contribution is 2.13. The summed E-state index contributed by atoms with van der Waals surface area (Å²) in [6, 6.07) is 0. The Balaban J connectivity index is 2.38. The van der Waals surface area contributed by atoms with E-state index in [4.69, 9.17) is 14.2 Å². The summed E-state index contributed by atoms with van der Waals surface area (Å²) in [7, 11) is 0. The van der Waals surface area contributed by atoms with Crippen LogP contribution in [0.5, 0.6) is 0 Å². The molecule has 0 aromatic rings. The molecule has 0 aliphatic carbocycles. The molecule has 0 aromatic heterocycles. The molecule has 1 rings (SSSR count). The van der Waals surface area contributed by atoms with Crippen LogP contribution in [0.25, 0.3) is 0 Å². The predicted molar refractivity (Wildman–Crippen MR) is 64.6 cm³/mol. The van der Waals surface area contributed by atoms with Crippen LogP contribution in [0.3, 0.4) is 0 Å². The normalized spacial score (nSPS) is 19.8. The maximum atomic E-state index is 11.4. The molecule has 0 amide bonds. The third kappa shape index (κ3) is 5.22. The zero-order valence-electron chi connectivity index (χ0n) is 10.7. The minimum Gasteiger partial charge on any atom is -0.487 e. The zero-order valence-corrected chi connectivity index (χ0v) is 10.7. The van der Waals surface area contributed by atoms with E-state index in [1.165, 1.54) is 0 Å². The highest BCUT2D eigenvalue weighted by atomic mass is 16.6. The zero-order chi connectivity index (χ0) is 12.5. The molecular formula is C13H22O4. The second-order valence-corrected chi connectivity index (χ2v) is 4.09. The van der Waals surface area contributed by atoms with Gasteiger partial charge in [0.05, 0.1) is 6.61 Å². The Labute approximate surface area is 103 Å². The Morgan fingerprint density at radius 2 is 2.00 bits per heavy atom. The lowest BCUT2D eigenvalue weighted by Gasteiger charge is -2.21. The number of ether oxygens (including phenoxy) is 3. The van der Waals surface area contributed by atoms with Crippen molar-refractivity contribution in [1.29, 1.82) is 0 Å². The van der Waals surface area contributed by atoms with Gasteiger partial charge in [0, 0.05) is 6.61 Å². The van der Waals surface area contributed by atoms with Gasteiger partial charge in [0.1, 0.15) is 12.7 Å². The number of esters is 1. The van der Waals surface area contributed by atoms with Crippen molar-refractivity contribution in [2.75, 3.05) is 19.8 Å². The maximum Gasteiger partial charge on any atom is 0.373 e. The summed E-state index contributed by atoms with van der Waals surface area (Å²) in [6.07, 6.45) is 5.67. The molecule has 0 fully saturated rings. The highest BCUT2D eigenvalue weighted by molar-refractivity contribution is 5.87. The van der Waals surface area contributed by atoms with Crippen molar-refractivity contribution in [3.63, 3.8) is 0 Å². The molecule has 4 nitrogen and oxygen atoms in total. The minimum atomic E-state index is -0.378. The number of carbonyl (C=O) groups is 1. The summed E-state index contributed by atoms with van der Waals surface area (Å²) in [4.78, 5) is 11.4. The van der Waals surface area contributed by atoms with E-state index in [1.807, 2.05) is 0 Å². The van der Waals surface area contributed by atoms with Gasteiger partial charge in [0.25, 0.3) is 0 Å². The molecule has 0 saturated heterocycles. The fourth-order valence-electron chi connectivity index (χ4n) is 1.42. The summed E-state index contributed by atoms with van der Waals surface area (Å²) in [5.74, 6) is -0.0809. The first-order valence-corrected chi connectivity index (χ1v) is 6.41. The summed E-state index contributed by atoms with van der Waals surface area (Å²) in [5, 5.41) is 0. The average molecular weight is 242 g/mol. The number of rotatable bonds is 8. The first kappa shape index (κ1) is 14.0. The largest absolute Gasteiger partial charge is 0.487 e. The summed E-state index contributed by atoms with van der Waals surface area (Å²) >= 11 is 0. The van der Waals surface area contributed by atoms with Crippen LogP contribution in [-0.2, 0) is 19.0 Å². The lowest BCUT2D eigenvalue weighted by Crippen LogP contribution is -2.28. The molecule has 98 valence electrons. The van der Waals surface area contributed by atoms with Gasteiger partial charge >= 0.3 is 5.97 Å². The van der Waals surface area contributed by atoms with Gasteiger partial charge in [-0.1, -0.05) is 26.7 Å².